The molecule has 0 spiro atoms. The SMILES string of the molecule is C=C(/N=N/c1ccccc1)NNc1ccccc1. The lowest BCUT2D eigenvalue weighted by Gasteiger charge is -2.07. The van der Waals surface area contributed by atoms with Crippen molar-refractivity contribution in [2.75, 3.05) is 5.43 Å². The first kappa shape index (κ1) is 11.9. The van der Waals surface area contributed by atoms with Crippen molar-refractivity contribution in [3.63, 3.8) is 0 Å². The van der Waals surface area contributed by atoms with E-state index in [0.29, 0.717) is 5.82 Å². The highest BCUT2D eigenvalue weighted by Gasteiger charge is 1.91. The van der Waals surface area contributed by atoms with Crippen molar-refractivity contribution >= 4 is 11.4 Å². The van der Waals surface area contributed by atoms with E-state index in [1.807, 2.05) is 60.7 Å². The smallest absolute Gasteiger partial charge is 0.159 e. The molecule has 0 radical (unpaired) electrons. The maximum absolute atomic E-state index is 4.04. The Labute approximate surface area is 106 Å². The maximum Gasteiger partial charge on any atom is 0.159 e. The molecule has 4 nitrogen and oxygen atoms in total. The summed E-state index contributed by atoms with van der Waals surface area (Å²) in [6.45, 7) is 3.75. The molecule has 0 atom stereocenters. The summed E-state index contributed by atoms with van der Waals surface area (Å²) in [5, 5.41) is 8.01. The fourth-order valence-corrected chi connectivity index (χ4v) is 1.30. The van der Waals surface area contributed by atoms with Crippen LogP contribution in [0.25, 0.3) is 0 Å². The number of rotatable bonds is 5. The third kappa shape index (κ3) is 3.75. The zero-order chi connectivity index (χ0) is 12.6. The van der Waals surface area contributed by atoms with Crippen LogP contribution >= 0.6 is 0 Å². The third-order valence-electron chi connectivity index (χ3n) is 2.17. The second-order valence-corrected chi connectivity index (χ2v) is 3.60. The number of hydrogen-bond acceptors (Lipinski definition) is 4. The highest BCUT2D eigenvalue weighted by molar-refractivity contribution is 5.41. The zero-order valence-corrected chi connectivity index (χ0v) is 9.88. The van der Waals surface area contributed by atoms with Gasteiger partial charge in [0.05, 0.1) is 11.4 Å². The van der Waals surface area contributed by atoms with Gasteiger partial charge < -0.3 is 0 Å². The van der Waals surface area contributed by atoms with Crippen molar-refractivity contribution in [2.24, 2.45) is 10.2 Å². The second kappa shape index (κ2) is 6.20. The maximum atomic E-state index is 4.04. The fraction of sp³-hybridized carbons (Fsp3) is 0. The van der Waals surface area contributed by atoms with Crippen LogP contribution in [-0.4, -0.2) is 0 Å². The van der Waals surface area contributed by atoms with Gasteiger partial charge in [-0.15, -0.1) is 10.2 Å². The molecule has 0 aliphatic heterocycles. The highest BCUT2D eigenvalue weighted by Crippen LogP contribution is 2.11. The number of hydrazine groups is 1. The molecule has 0 fully saturated rings. The van der Waals surface area contributed by atoms with Crippen LogP contribution < -0.4 is 10.9 Å². The first-order chi connectivity index (χ1) is 8.84. The molecule has 90 valence electrons. The van der Waals surface area contributed by atoms with E-state index in [2.05, 4.69) is 27.7 Å². The van der Waals surface area contributed by atoms with Crippen LogP contribution in [0.15, 0.2) is 83.3 Å². The summed E-state index contributed by atoms with van der Waals surface area (Å²) >= 11 is 0. The van der Waals surface area contributed by atoms with Crippen molar-refractivity contribution in [3.8, 4) is 0 Å². The first-order valence-corrected chi connectivity index (χ1v) is 5.57. The number of nitrogens with one attached hydrogen (secondary N) is 2. The number of hydrogen-bond donors (Lipinski definition) is 2. The molecule has 2 aromatic rings. The predicted molar refractivity (Wildman–Crippen MR) is 73.3 cm³/mol. The molecule has 0 aromatic heterocycles. The second-order valence-electron chi connectivity index (χ2n) is 3.60. The normalized spacial score (nSPS) is 10.2. The fourth-order valence-electron chi connectivity index (χ4n) is 1.30. The van der Waals surface area contributed by atoms with Crippen molar-refractivity contribution in [2.45, 2.75) is 0 Å². The van der Waals surface area contributed by atoms with Gasteiger partial charge in [0.15, 0.2) is 5.82 Å². The number of nitrogens with zero attached hydrogens (tertiary/aromatic N) is 2. The molecule has 0 bridgehead atoms. The van der Waals surface area contributed by atoms with Gasteiger partial charge in [0.2, 0.25) is 0 Å². The Morgan fingerprint density at radius 3 is 2.17 bits per heavy atom. The summed E-state index contributed by atoms with van der Waals surface area (Å²) in [4.78, 5) is 0. The van der Waals surface area contributed by atoms with E-state index in [1.165, 1.54) is 0 Å². The molecule has 0 aliphatic carbocycles. The van der Waals surface area contributed by atoms with E-state index in [9.17, 15) is 0 Å². The molecule has 0 saturated carbocycles. The average Bonchev–Trinajstić information content (AvgIpc) is 2.45. The topological polar surface area (TPSA) is 48.8 Å². The Morgan fingerprint density at radius 1 is 0.889 bits per heavy atom. The van der Waals surface area contributed by atoms with Crippen molar-refractivity contribution in [1.82, 2.24) is 5.43 Å². The molecule has 0 saturated heterocycles. The van der Waals surface area contributed by atoms with E-state index < -0.39 is 0 Å². The lowest BCUT2D eigenvalue weighted by Crippen LogP contribution is -2.18. The number of anilines is 1. The molecular weight excluding hydrogens is 224 g/mol. The van der Waals surface area contributed by atoms with Crippen LogP contribution in [0.3, 0.4) is 0 Å². The van der Waals surface area contributed by atoms with Crippen molar-refractivity contribution in [1.29, 1.82) is 0 Å². The zero-order valence-electron chi connectivity index (χ0n) is 9.88. The minimum Gasteiger partial charge on any atom is -0.300 e. The monoisotopic (exact) mass is 238 g/mol. The molecular formula is C14H14N4. The molecule has 0 heterocycles. The Hall–Kier alpha value is -2.62. The Bertz CT molecular complexity index is 520. The van der Waals surface area contributed by atoms with Crippen LogP contribution in [0.1, 0.15) is 0 Å². The lowest BCUT2D eigenvalue weighted by atomic mass is 10.3. The summed E-state index contributed by atoms with van der Waals surface area (Å²) in [7, 11) is 0. The number of para-hydroxylation sites is 1. The van der Waals surface area contributed by atoms with Gasteiger partial charge in [-0.2, -0.15) is 0 Å². The van der Waals surface area contributed by atoms with Gasteiger partial charge in [0.25, 0.3) is 0 Å². The van der Waals surface area contributed by atoms with Crippen LogP contribution in [-0.2, 0) is 0 Å². The largest absolute Gasteiger partial charge is 0.300 e. The summed E-state index contributed by atoms with van der Waals surface area (Å²) < 4.78 is 0. The Balaban J connectivity index is 1.84. The summed E-state index contributed by atoms with van der Waals surface area (Å²) in [5.74, 6) is 0.447. The third-order valence-corrected chi connectivity index (χ3v) is 2.17. The van der Waals surface area contributed by atoms with Gasteiger partial charge in [-0.05, 0) is 24.3 Å². The van der Waals surface area contributed by atoms with Crippen LogP contribution in [0.5, 0.6) is 0 Å². The standard InChI is InChI=1S/C14H14N4/c1-12(15-17-13-8-4-2-5-9-13)16-18-14-10-6-3-7-11-14/h2-11,15,17H,1H2/b18-16+. The van der Waals surface area contributed by atoms with E-state index in [4.69, 9.17) is 0 Å². The molecule has 0 amide bonds. The summed E-state index contributed by atoms with van der Waals surface area (Å²) in [5.41, 5.74) is 7.57. The summed E-state index contributed by atoms with van der Waals surface area (Å²) in [6.07, 6.45) is 0. The van der Waals surface area contributed by atoms with Gasteiger partial charge >= 0.3 is 0 Å². The average molecular weight is 238 g/mol. The predicted octanol–water partition coefficient (Wildman–Crippen LogP) is 3.86. The van der Waals surface area contributed by atoms with Gasteiger partial charge in [-0.1, -0.05) is 43.0 Å². The van der Waals surface area contributed by atoms with Crippen LogP contribution in [0.4, 0.5) is 11.4 Å². The number of azo groups is 1. The van der Waals surface area contributed by atoms with Gasteiger partial charge in [0.1, 0.15) is 0 Å². The van der Waals surface area contributed by atoms with Gasteiger partial charge in [-0.25, -0.2) is 0 Å². The molecule has 0 aliphatic rings. The van der Waals surface area contributed by atoms with E-state index >= 15 is 0 Å². The Morgan fingerprint density at radius 2 is 1.50 bits per heavy atom. The number of benzene rings is 2. The molecule has 4 heteroatoms. The molecule has 2 rings (SSSR count). The van der Waals surface area contributed by atoms with Crippen LogP contribution in [0, 0.1) is 0 Å². The molecule has 18 heavy (non-hydrogen) atoms. The van der Waals surface area contributed by atoms with E-state index in [-0.39, 0.29) is 0 Å². The highest BCUT2D eigenvalue weighted by atomic mass is 15.4. The van der Waals surface area contributed by atoms with E-state index in [1.54, 1.807) is 0 Å². The lowest BCUT2D eigenvalue weighted by molar-refractivity contribution is 0.909. The Kier molecular flexibility index (Phi) is 4.08. The minimum atomic E-state index is 0.447. The van der Waals surface area contributed by atoms with Crippen molar-refractivity contribution in [3.05, 3.63) is 73.1 Å². The first-order valence-electron chi connectivity index (χ1n) is 5.57. The molecule has 2 aromatic carbocycles. The van der Waals surface area contributed by atoms with Gasteiger partial charge in [0, 0.05) is 0 Å². The molecule has 0 unspecified atom stereocenters. The minimum absolute atomic E-state index is 0.447. The van der Waals surface area contributed by atoms with Crippen molar-refractivity contribution < 1.29 is 0 Å². The molecule has 2 N–H and O–H groups in total. The summed E-state index contributed by atoms with van der Waals surface area (Å²) in [6, 6.07) is 19.2. The van der Waals surface area contributed by atoms with Gasteiger partial charge in [-0.3, -0.25) is 10.9 Å². The van der Waals surface area contributed by atoms with Crippen LogP contribution in [0.2, 0.25) is 0 Å². The quantitative estimate of drug-likeness (QED) is 0.613. The van der Waals surface area contributed by atoms with E-state index in [0.717, 1.165) is 11.4 Å².